The van der Waals surface area contributed by atoms with Gasteiger partial charge in [-0.05, 0) is 43.7 Å². The second kappa shape index (κ2) is 7.22. The molecule has 0 radical (unpaired) electrons. The molecule has 7 nitrogen and oxygen atoms in total. The number of hydrogen-bond donors (Lipinski definition) is 3. The summed E-state index contributed by atoms with van der Waals surface area (Å²) in [5, 5.41) is 29.7. The molecule has 1 aromatic heterocycles. The summed E-state index contributed by atoms with van der Waals surface area (Å²) in [4.78, 5) is 19.5. The van der Waals surface area contributed by atoms with E-state index < -0.39 is 17.8 Å². The largest absolute Gasteiger partial charge is 0.507 e. The fourth-order valence-electron chi connectivity index (χ4n) is 2.60. The number of carbonyl (C=O) groups is 1. The minimum absolute atomic E-state index is 0.0255. The molecule has 0 bridgehead atoms. The standard InChI is InChI=1S/C20H17N3O4/c1-11-7-8-13(17(24)9-11)20(26)27-12(2)18(25)14(10-21)19-22-15-5-3-4-6-16(15)23-19/h3-9,12,24-25H,1-2H3,(H,22,23)/b18-14-/t12-/m1/s1. The first-order valence-electron chi connectivity index (χ1n) is 8.19. The van der Waals surface area contributed by atoms with Crippen molar-refractivity contribution in [2.75, 3.05) is 0 Å². The van der Waals surface area contributed by atoms with Gasteiger partial charge in [-0.1, -0.05) is 18.2 Å². The maximum absolute atomic E-state index is 12.3. The molecule has 1 heterocycles. The van der Waals surface area contributed by atoms with E-state index in [2.05, 4.69) is 9.97 Å². The Labute approximate surface area is 155 Å². The van der Waals surface area contributed by atoms with Crippen molar-refractivity contribution < 1.29 is 19.7 Å². The molecule has 3 rings (SSSR count). The minimum Gasteiger partial charge on any atom is -0.507 e. The van der Waals surface area contributed by atoms with Gasteiger partial charge in [-0.15, -0.1) is 0 Å². The highest BCUT2D eigenvalue weighted by molar-refractivity contribution is 5.93. The van der Waals surface area contributed by atoms with Gasteiger partial charge in [0.15, 0.2) is 17.7 Å². The number of phenols is 1. The molecule has 0 amide bonds. The number of aromatic hydroxyl groups is 1. The summed E-state index contributed by atoms with van der Waals surface area (Å²) in [7, 11) is 0. The molecule has 0 fully saturated rings. The molecule has 0 aliphatic heterocycles. The van der Waals surface area contributed by atoms with Crippen LogP contribution >= 0.6 is 0 Å². The lowest BCUT2D eigenvalue weighted by Gasteiger charge is -2.14. The Bertz CT molecular complexity index is 1060. The van der Waals surface area contributed by atoms with Gasteiger partial charge in [0, 0.05) is 0 Å². The topological polar surface area (TPSA) is 119 Å². The Kier molecular flexibility index (Phi) is 4.81. The van der Waals surface area contributed by atoms with Crippen molar-refractivity contribution in [3.05, 3.63) is 65.2 Å². The molecule has 0 aliphatic carbocycles. The number of aliphatic hydroxyl groups is 1. The van der Waals surface area contributed by atoms with Gasteiger partial charge in [0.25, 0.3) is 0 Å². The number of imidazole rings is 1. The quantitative estimate of drug-likeness (QED) is 0.370. The van der Waals surface area contributed by atoms with Crippen LogP contribution in [0.1, 0.15) is 28.7 Å². The SMILES string of the molecule is Cc1ccc(C(=O)O[C@H](C)/C(O)=C(\C#N)c2nc3ccccc3[nH]2)c(O)c1. The first-order valence-corrected chi connectivity index (χ1v) is 8.19. The van der Waals surface area contributed by atoms with Gasteiger partial charge in [-0.2, -0.15) is 5.26 Å². The third-order valence-corrected chi connectivity index (χ3v) is 4.04. The van der Waals surface area contributed by atoms with E-state index in [9.17, 15) is 20.3 Å². The number of allylic oxidation sites excluding steroid dienone is 1. The Morgan fingerprint density at radius 1 is 1.30 bits per heavy atom. The number of aryl methyl sites for hydroxylation is 1. The number of H-pyrrole nitrogens is 1. The number of rotatable bonds is 4. The Balaban J connectivity index is 1.88. The molecule has 0 unspecified atom stereocenters. The summed E-state index contributed by atoms with van der Waals surface area (Å²) in [5.74, 6) is -1.28. The predicted octanol–water partition coefficient (Wildman–Crippen LogP) is 3.62. The van der Waals surface area contributed by atoms with Gasteiger partial charge in [0.05, 0.1) is 11.0 Å². The van der Waals surface area contributed by atoms with Crippen LogP contribution in [0.5, 0.6) is 5.75 Å². The maximum Gasteiger partial charge on any atom is 0.342 e. The summed E-state index contributed by atoms with van der Waals surface area (Å²) >= 11 is 0. The highest BCUT2D eigenvalue weighted by Crippen LogP contribution is 2.24. The maximum atomic E-state index is 12.3. The number of benzene rings is 2. The highest BCUT2D eigenvalue weighted by atomic mass is 16.6. The molecule has 0 aliphatic rings. The first kappa shape index (κ1) is 18.0. The van der Waals surface area contributed by atoms with Crippen molar-refractivity contribution in [1.29, 1.82) is 5.26 Å². The van der Waals surface area contributed by atoms with Crippen molar-refractivity contribution in [2.24, 2.45) is 0 Å². The monoisotopic (exact) mass is 363 g/mol. The molecule has 3 N–H and O–H groups in total. The first-order chi connectivity index (χ1) is 12.9. The van der Waals surface area contributed by atoms with Crippen LogP contribution in [0.15, 0.2) is 48.2 Å². The Hall–Kier alpha value is -3.79. The number of nitriles is 1. The van der Waals surface area contributed by atoms with E-state index in [0.29, 0.717) is 11.0 Å². The summed E-state index contributed by atoms with van der Waals surface area (Å²) in [6.07, 6.45) is -1.11. The number of para-hydroxylation sites is 2. The molecule has 0 spiro atoms. The number of carbonyl (C=O) groups excluding carboxylic acids is 1. The smallest absolute Gasteiger partial charge is 0.342 e. The van der Waals surface area contributed by atoms with Gasteiger partial charge in [0.1, 0.15) is 23.0 Å². The summed E-state index contributed by atoms with van der Waals surface area (Å²) < 4.78 is 5.20. The summed E-state index contributed by atoms with van der Waals surface area (Å²) in [6.45, 7) is 3.21. The van der Waals surface area contributed by atoms with Crippen molar-refractivity contribution in [3.8, 4) is 11.8 Å². The molecular weight excluding hydrogens is 346 g/mol. The number of nitrogens with one attached hydrogen (secondary N) is 1. The lowest BCUT2D eigenvalue weighted by atomic mass is 10.1. The van der Waals surface area contributed by atoms with Crippen molar-refractivity contribution in [2.45, 2.75) is 20.0 Å². The number of esters is 1. The average Bonchev–Trinajstić information content (AvgIpc) is 3.05. The number of nitrogens with zero attached hydrogens (tertiary/aromatic N) is 2. The number of hydrogen-bond acceptors (Lipinski definition) is 6. The number of ether oxygens (including phenoxy) is 1. The van der Waals surface area contributed by atoms with E-state index >= 15 is 0 Å². The Morgan fingerprint density at radius 2 is 2.04 bits per heavy atom. The third-order valence-electron chi connectivity index (χ3n) is 4.04. The fraction of sp³-hybridized carbons (Fsp3) is 0.150. The van der Waals surface area contributed by atoms with Gasteiger partial charge in [0.2, 0.25) is 0 Å². The summed E-state index contributed by atoms with van der Waals surface area (Å²) in [6, 6.07) is 13.6. The van der Waals surface area contributed by atoms with Crippen LogP contribution in [0.4, 0.5) is 0 Å². The normalized spacial score (nSPS) is 12.9. The van der Waals surface area contributed by atoms with E-state index in [-0.39, 0.29) is 22.7 Å². The second-order valence-corrected chi connectivity index (χ2v) is 6.04. The van der Waals surface area contributed by atoms with Crippen LogP contribution in [0.3, 0.4) is 0 Å². The van der Waals surface area contributed by atoms with Gasteiger partial charge in [-0.25, -0.2) is 9.78 Å². The predicted molar refractivity (Wildman–Crippen MR) is 99.0 cm³/mol. The van der Waals surface area contributed by atoms with Crippen LogP contribution in [0.2, 0.25) is 0 Å². The molecule has 1 atom stereocenters. The van der Waals surface area contributed by atoms with Gasteiger partial charge >= 0.3 is 5.97 Å². The van der Waals surface area contributed by atoms with Crippen molar-refractivity contribution >= 4 is 22.6 Å². The number of fused-ring (bicyclic) bond motifs is 1. The number of phenolic OH excluding ortho intramolecular Hbond substituents is 1. The number of aromatic amines is 1. The van der Waals surface area contributed by atoms with Crippen LogP contribution < -0.4 is 0 Å². The molecule has 3 aromatic rings. The van der Waals surface area contributed by atoms with E-state index in [4.69, 9.17) is 4.74 Å². The lowest BCUT2D eigenvalue weighted by molar-refractivity contribution is 0.0331. The van der Waals surface area contributed by atoms with Crippen molar-refractivity contribution in [1.82, 2.24) is 9.97 Å². The zero-order valence-electron chi connectivity index (χ0n) is 14.7. The van der Waals surface area contributed by atoms with E-state index in [1.54, 1.807) is 31.2 Å². The summed E-state index contributed by atoms with van der Waals surface area (Å²) in [5.41, 5.74) is 1.99. The molecule has 0 saturated heterocycles. The molecule has 2 aromatic carbocycles. The van der Waals surface area contributed by atoms with Gasteiger partial charge in [-0.3, -0.25) is 0 Å². The number of aromatic nitrogens is 2. The zero-order valence-corrected chi connectivity index (χ0v) is 14.7. The lowest BCUT2D eigenvalue weighted by Crippen LogP contribution is -2.18. The molecule has 0 saturated carbocycles. The average molecular weight is 363 g/mol. The molecule has 7 heteroatoms. The minimum atomic E-state index is -1.11. The van der Waals surface area contributed by atoms with Crippen LogP contribution in [-0.4, -0.2) is 32.3 Å². The van der Waals surface area contributed by atoms with Crippen molar-refractivity contribution in [3.63, 3.8) is 0 Å². The van der Waals surface area contributed by atoms with E-state index in [1.165, 1.54) is 19.1 Å². The second-order valence-electron chi connectivity index (χ2n) is 6.04. The molecule has 136 valence electrons. The fourth-order valence-corrected chi connectivity index (χ4v) is 2.60. The molecular formula is C20H17N3O4. The van der Waals surface area contributed by atoms with Crippen LogP contribution in [0.25, 0.3) is 16.6 Å². The third kappa shape index (κ3) is 3.60. The van der Waals surface area contributed by atoms with Crippen LogP contribution in [-0.2, 0) is 4.74 Å². The zero-order chi connectivity index (χ0) is 19.6. The van der Waals surface area contributed by atoms with Gasteiger partial charge < -0.3 is 19.9 Å². The number of aliphatic hydroxyl groups excluding tert-OH is 1. The Morgan fingerprint density at radius 3 is 2.70 bits per heavy atom. The highest BCUT2D eigenvalue weighted by Gasteiger charge is 2.23. The van der Waals surface area contributed by atoms with E-state index in [0.717, 1.165) is 5.56 Å². The molecule has 27 heavy (non-hydrogen) atoms. The van der Waals surface area contributed by atoms with Crippen LogP contribution in [0, 0.1) is 18.3 Å². The van der Waals surface area contributed by atoms with E-state index in [1.807, 2.05) is 12.1 Å².